The molecular formula is C12H13N3S2. The molecule has 3 nitrogen and oxygen atoms in total. The van der Waals surface area contributed by atoms with Gasteiger partial charge in [-0.3, -0.25) is 0 Å². The van der Waals surface area contributed by atoms with Gasteiger partial charge in [0.1, 0.15) is 6.07 Å². The number of para-hydroxylation sites is 1. The van der Waals surface area contributed by atoms with E-state index in [4.69, 9.17) is 17.5 Å². The summed E-state index contributed by atoms with van der Waals surface area (Å²) in [5, 5.41) is 9.03. The van der Waals surface area contributed by atoms with Gasteiger partial charge in [0.2, 0.25) is 0 Å². The number of H-pyrrole nitrogens is 1. The number of aromatic nitrogens is 2. The highest BCUT2D eigenvalue weighted by Crippen LogP contribution is 2.18. The standard InChI is InChI=1S/C12H13N3S2/c1-17-7-3-6-15-10-5-2-4-9(8-13)11(10)14-12(15)16/h2,4-5H,3,6-7H2,1H3,(H,14,16). The lowest BCUT2D eigenvalue weighted by atomic mass is 10.2. The zero-order valence-electron chi connectivity index (χ0n) is 9.56. The van der Waals surface area contributed by atoms with Gasteiger partial charge in [-0.05, 0) is 42.8 Å². The maximum Gasteiger partial charge on any atom is 0.178 e. The molecule has 1 aromatic carbocycles. The second kappa shape index (κ2) is 5.39. The summed E-state index contributed by atoms with van der Waals surface area (Å²) in [4.78, 5) is 3.12. The maximum absolute atomic E-state index is 9.03. The molecular weight excluding hydrogens is 250 g/mol. The number of fused-ring (bicyclic) bond motifs is 1. The molecule has 0 bridgehead atoms. The lowest BCUT2D eigenvalue weighted by molar-refractivity contribution is 0.694. The Morgan fingerprint density at radius 3 is 3.06 bits per heavy atom. The van der Waals surface area contributed by atoms with Gasteiger partial charge in [-0.25, -0.2) is 0 Å². The van der Waals surface area contributed by atoms with Crippen molar-refractivity contribution in [2.24, 2.45) is 0 Å². The first-order valence-corrected chi connectivity index (χ1v) is 7.18. The fourth-order valence-electron chi connectivity index (χ4n) is 1.86. The number of nitriles is 1. The minimum absolute atomic E-state index is 0.650. The SMILES string of the molecule is CSCCCn1c(=S)[nH]c2c(C#N)cccc21. The number of imidazole rings is 1. The molecule has 2 rings (SSSR count). The van der Waals surface area contributed by atoms with Crippen molar-refractivity contribution in [1.29, 1.82) is 5.26 Å². The Labute approximate surface area is 109 Å². The van der Waals surface area contributed by atoms with Crippen molar-refractivity contribution in [3.05, 3.63) is 28.5 Å². The fraction of sp³-hybridized carbons (Fsp3) is 0.333. The van der Waals surface area contributed by atoms with Crippen LogP contribution in [0.4, 0.5) is 0 Å². The lowest BCUT2D eigenvalue weighted by Gasteiger charge is -2.03. The van der Waals surface area contributed by atoms with Crippen molar-refractivity contribution in [2.45, 2.75) is 13.0 Å². The van der Waals surface area contributed by atoms with E-state index in [9.17, 15) is 0 Å². The van der Waals surface area contributed by atoms with E-state index in [1.54, 1.807) is 6.07 Å². The molecule has 5 heteroatoms. The lowest BCUT2D eigenvalue weighted by Crippen LogP contribution is -1.98. The number of hydrogen-bond acceptors (Lipinski definition) is 3. The van der Waals surface area contributed by atoms with Crippen molar-refractivity contribution >= 4 is 35.0 Å². The quantitative estimate of drug-likeness (QED) is 0.680. The fourth-order valence-corrected chi connectivity index (χ4v) is 2.57. The van der Waals surface area contributed by atoms with Crippen molar-refractivity contribution in [3.8, 4) is 6.07 Å². The van der Waals surface area contributed by atoms with Gasteiger partial charge >= 0.3 is 0 Å². The molecule has 0 spiro atoms. The van der Waals surface area contributed by atoms with E-state index in [0.29, 0.717) is 10.3 Å². The normalized spacial score (nSPS) is 10.6. The molecule has 0 radical (unpaired) electrons. The number of hydrogen-bond donors (Lipinski definition) is 1. The van der Waals surface area contributed by atoms with Crippen LogP contribution in [0.5, 0.6) is 0 Å². The molecule has 1 aromatic heterocycles. The van der Waals surface area contributed by atoms with Crippen LogP contribution in [0, 0.1) is 16.1 Å². The zero-order valence-corrected chi connectivity index (χ0v) is 11.2. The molecule has 0 saturated heterocycles. The molecule has 0 aliphatic heterocycles. The largest absolute Gasteiger partial charge is 0.329 e. The van der Waals surface area contributed by atoms with Crippen LogP contribution in [0.2, 0.25) is 0 Å². The molecule has 17 heavy (non-hydrogen) atoms. The number of nitrogens with one attached hydrogen (secondary N) is 1. The van der Waals surface area contributed by atoms with Gasteiger partial charge in [-0.2, -0.15) is 17.0 Å². The Morgan fingerprint density at radius 1 is 1.53 bits per heavy atom. The highest BCUT2D eigenvalue weighted by molar-refractivity contribution is 7.98. The highest BCUT2D eigenvalue weighted by atomic mass is 32.2. The van der Waals surface area contributed by atoms with Gasteiger partial charge < -0.3 is 9.55 Å². The number of aromatic amines is 1. The first-order valence-electron chi connectivity index (χ1n) is 5.38. The van der Waals surface area contributed by atoms with E-state index < -0.39 is 0 Å². The minimum Gasteiger partial charge on any atom is -0.329 e. The molecule has 2 aromatic rings. The van der Waals surface area contributed by atoms with E-state index in [0.717, 1.165) is 29.8 Å². The summed E-state index contributed by atoms with van der Waals surface area (Å²) in [6.45, 7) is 0.897. The number of aryl methyl sites for hydroxylation is 1. The zero-order chi connectivity index (χ0) is 12.3. The van der Waals surface area contributed by atoms with Crippen molar-refractivity contribution < 1.29 is 0 Å². The second-order valence-electron chi connectivity index (χ2n) is 3.74. The molecule has 0 unspecified atom stereocenters. The summed E-state index contributed by atoms with van der Waals surface area (Å²) in [5.41, 5.74) is 2.52. The van der Waals surface area contributed by atoms with Gasteiger partial charge in [0.25, 0.3) is 0 Å². The van der Waals surface area contributed by atoms with Gasteiger partial charge in [0.05, 0.1) is 16.6 Å². The summed E-state index contributed by atoms with van der Waals surface area (Å²) >= 11 is 7.13. The molecule has 0 fully saturated rings. The predicted octanol–water partition coefficient (Wildman–Crippen LogP) is 3.32. The Bertz CT molecular complexity index is 619. The summed E-state index contributed by atoms with van der Waals surface area (Å²) in [6, 6.07) is 7.89. The van der Waals surface area contributed by atoms with Crippen LogP contribution in [0.15, 0.2) is 18.2 Å². The van der Waals surface area contributed by atoms with Crippen LogP contribution in [0.25, 0.3) is 11.0 Å². The molecule has 0 atom stereocenters. The van der Waals surface area contributed by atoms with Crippen LogP contribution >= 0.6 is 24.0 Å². The molecule has 0 amide bonds. The second-order valence-corrected chi connectivity index (χ2v) is 5.11. The Balaban J connectivity index is 2.46. The smallest absolute Gasteiger partial charge is 0.178 e. The monoisotopic (exact) mass is 263 g/mol. The first kappa shape index (κ1) is 12.2. The average Bonchev–Trinajstić information content (AvgIpc) is 2.66. The summed E-state index contributed by atoms with van der Waals surface area (Å²) in [7, 11) is 0. The van der Waals surface area contributed by atoms with E-state index in [1.807, 2.05) is 23.9 Å². The number of thioether (sulfide) groups is 1. The third-order valence-corrected chi connectivity index (χ3v) is 3.68. The van der Waals surface area contributed by atoms with E-state index >= 15 is 0 Å². The first-order chi connectivity index (χ1) is 8.27. The molecule has 0 aliphatic carbocycles. The summed E-state index contributed by atoms with van der Waals surface area (Å²) in [5.74, 6) is 1.12. The summed E-state index contributed by atoms with van der Waals surface area (Å²) in [6.07, 6.45) is 3.18. The van der Waals surface area contributed by atoms with Crippen LogP contribution in [-0.2, 0) is 6.54 Å². The minimum atomic E-state index is 0.650. The van der Waals surface area contributed by atoms with Gasteiger partial charge in [-0.1, -0.05) is 6.07 Å². The third-order valence-electron chi connectivity index (χ3n) is 2.66. The van der Waals surface area contributed by atoms with E-state index in [2.05, 4.69) is 21.9 Å². The van der Waals surface area contributed by atoms with E-state index in [1.165, 1.54) is 0 Å². The van der Waals surface area contributed by atoms with Crippen LogP contribution in [0.1, 0.15) is 12.0 Å². The highest BCUT2D eigenvalue weighted by Gasteiger charge is 2.07. The van der Waals surface area contributed by atoms with Crippen LogP contribution in [-0.4, -0.2) is 21.6 Å². The van der Waals surface area contributed by atoms with Crippen molar-refractivity contribution in [2.75, 3.05) is 12.0 Å². The van der Waals surface area contributed by atoms with Crippen molar-refractivity contribution in [1.82, 2.24) is 9.55 Å². The Kier molecular flexibility index (Phi) is 3.87. The van der Waals surface area contributed by atoms with Crippen LogP contribution < -0.4 is 0 Å². The topological polar surface area (TPSA) is 44.5 Å². The molecule has 88 valence electrons. The summed E-state index contributed by atoms with van der Waals surface area (Å²) < 4.78 is 2.77. The average molecular weight is 263 g/mol. The predicted molar refractivity (Wildman–Crippen MR) is 74.8 cm³/mol. The maximum atomic E-state index is 9.03. The Morgan fingerprint density at radius 2 is 2.35 bits per heavy atom. The number of benzene rings is 1. The molecule has 1 N–H and O–H groups in total. The molecule has 1 heterocycles. The van der Waals surface area contributed by atoms with Crippen LogP contribution in [0.3, 0.4) is 0 Å². The third kappa shape index (κ3) is 2.38. The Hall–Kier alpha value is -1.25. The van der Waals surface area contributed by atoms with Gasteiger partial charge in [0.15, 0.2) is 4.77 Å². The van der Waals surface area contributed by atoms with Gasteiger partial charge in [0, 0.05) is 6.54 Å². The molecule has 0 saturated carbocycles. The number of nitrogens with zero attached hydrogens (tertiary/aromatic N) is 2. The number of rotatable bonds is 4. The van der Waals surface area contributed by atoms with E-state index in [-0.39, 0.29) is 0 Å². The van der Waals surface area contributed by atoms with Gasteiger partial charge in [-0.15, -0.1) is 0 Å². The molecule has 0 aliphatic rings. The van der Waals surface area contributed by atoms with Crippen molar-refractivity contribution in [3.63, 3.8) is 0 Å².